The molecule has 0 fully saturated rings. The second kappa shape index (κ2) is 4.57. The standard InChI is InChI=1S/C12H8FN5O2/c13-6-1-2-9-7(3-6)8(5-14-9)10(19)4-11(20)12-15-17-18-16-12/h1-5,14,19H,(H,15,16,17,18). The van der Waals surface area contributed by atoms with Gasteiger partial charge in [-0.25, -0.2) is 4.39 Å². The van der Waals surface area contributed by atoms with Crippen molar-refractivity contribution in [3.8, 4) is 0 Å². The largest absolute Gasteiger partial charge is 0.507 e. The van der Waals surface area contributed by atoms with Crippen LogP contribution in [0.1, 0.15) is 16.2 Å². The molecule has 8 heteroatoms. The number of ketones is 1. The van der Waals surface area contributed by atoms with Crippen LogP contribution in [-0.2, 0) is 0 Å². The average molecular weight is 273 g/mol. The topological polar surface area (TPSA) is 108 Å². The fourth-order valence-electron chi connectivity index (χ4n) is 1.84. The number of nitrogens with one attached hydrogen (secondary N) is 2. The van der Waals surface area contributed by atoms with Crippen molar-refractivity contribution in [3.05, 3.63) is 47.7 Å². The van der Waals surface area contributed by atoms with E-state index in [0.717, 1.165) is 6.08 Å². The van der Waals surface area contributed by atoms with Crippen LogP contribution in [0.4, 0.5) is 4.39 Å². The van der Waals surface area contributed by atoms with Crippen molar-refractivity contribution < 1.29 is 14.3 Å². The van der Waals surface area contributed by atoms with Gasteiger partial charge in [-0.15, -0.1) is 10.2 Å². The Bertz CT molecular complexity index is 806. The minimum Gasteiger partial charge on any atom is -0.507 e. The maximum Gasteiger partial charge on any atom is 0.244 e. The number of rotatable bonds is 3. The fourth-order valence-corrected chi connectivity index (χ4v) is 1.84. The molecule has 2 aromatic heterocycles. The van der Waals surface area contributed by atoms with Crippen molar-refractivity contribution in [3.63, 3.8) is 0 Å². The summed E-state index contributed by atoms with van der Waals surface area (Å²) in [5.74, 6) is -1.52. The van der Waals surface area contributed by atoms with Crippen molar-refractivity contribution >= 4 is 22.4 Å². The molecule has 7 nitrogen and oxygen atoms in total. The Balaban J connectivity index is 2.02. The Kier molecular flexibility index (Phi) is 2.75. The van der Waals surface area contributed by atoms with Gasteiger partial charge in [0.05, 0.1) is 0 Å². The maximum atomic E-state index is 13.2. The van der Waals surface area contributed by atoms with Crippen LogP contribution in [0.15, 0.2) is 30.5 Å². The van der Waals surface area contributed by atoms with Gasteiger partial charge in [-0.1, -0.05) is 0 Å². The van der Waals surface area contributed by atoms with E-state index in [1.165, 1.54) is 18.3 Å². The lowest BCUT2D eigenvalue weighted by molar-refractivity contribution is 0.103. The summed E-state index contributed by atoms with van der Waals surface area (Å²) in [4.78, 5) is 14.6. The summed E-state index contributed by atoms with van der Waals surface area (Å²) in [5.41, 5.74) is 0.963. The zero-order valence-corrected chi connectivity index (χ0v) is 9.96. The first-order valence-electron chi connectivity index (χ1n) is 5.60. The van der Waals surface area contributed by atoms with E-state index in [-0.39, 0.29) is 11.6 Å². The first-order valence-corrected chi connectivity index (χ1v) is 5.60. The van der Waals surface area contributed by atoms with Crippen LogP contribution in [0, 0.1) is 5.82 Å². The number of aliphatic hydroxyl groups excluding tert-OH is 1. The van der Waals surface area contributed by atoms with Gasteiger partial charge in [-0.2, -0.15) is 5.21 Å². The molecule has 20 heavy (non-hydrogen) atoms. The molecule has 0 unspecified atom stereocenters. The van der Waals surface area contributed by atoms with Gasteiger partial charge in [0, 0.05) is 28.7 Å². The van der Waals surface area contributed by atoms with Crippen molar-refractivity contribution in [2.45, 2.75) is 0 Å². The average Bonchev–Trinajstić information content (AvgIpc) is 3.07. The van der Waals surface area contributed by atoms with Gasteiger partial charge in [-0.05, 0) is 23.4 Å². The number of aliphatic hydroxyl groups is 1. The lowest BCUT2D eigenvalue weighted by Gasteiger charge is -1.97. The van der Waals surface area contributed by atoms with Crippen molar-refractivity contribution in [1.82, 2.24) is 25.6 Å². The zero-order chi connectivity index (χ0) is 14.1. The molecule has 3 rings (SSSR count). The van der Waals surface area contributed by atoms with Crippen LogP contribution in [0.25, 0.3) is 16.7 Å². The molecule has 0 aliphatic carbocycles. The first kappa shape index (κ1) is 12.0. The molecule has 0 amide bonds. The Morgan fingerprint density at radius 2 is 2.25 bits per heavy atom. The summed E-state index contributed by atoms with van der Waals surface area (Å²) < 4.78 is 13.2. The van der Waals surface area contributed by atoms with Crippen LogP contribution >= 0.6 is 0 Å². The quantitative estimate of drug-likeness (QED) is 0.381. The number of fused-ring (bicyclic) bond motifs is 1. The third-order valence-corrected chi connectivity index (χ3v) is 2.75. The molecule has 0 radical (unpaired) electrons. The molecule has 0 spiro atoms. The van der Waals surface area contributed by atoms with Crippen molar-refractivity contribution in [2.75, 3.05) is 0 Å². The highest BCUT2D eigenvalue weighted by Crippen LogP contribution is 2.24. The van der Waals surface area contributed by atoms with Gasteiger partial charge in [0.2, 0.25) is 11.6 Å². The SMILES string of the molecule is O=C(C=C(O)c1c[nH]c2ccc(F)cc12)c1nn[nH]n1. The molecule has 3 N–H and O–H groups in total. The molecule has 100 valence electrons. The van der Waals surface area contributed by atoms with Crippen LogP contribution in [-0.4, -0.2) is 36.5 Å². The number of benzene rings is 1. The number of nitrogens with zero attached hydrogens (tertiary/aromatic N) is 3. The highest BCUT2D eigenvalue weighted by molar-refractivity contribution is 6.06. The first-order chi connectivity index (χ1) is 9.65. The fraction of sp³-hybridized carbons (Fsp3) is 0. The van der Waals surface area contributed by atoms with E-state index in [9.17, 15) is 14.3 Å². The Morgan fingerprint density at radius 3 is 3.00 bits per heavy atom. The second-order valence-corrected chi connectivity index (χ2v) is 4.02. The Morgan fingerprint density at radius 1 is 1.40 bits per heavy atom. The molecule has 0 saturated carbocycles. The minimum atomic E-state index is -0.609. The smallest absolute Gasteiger partial charge is 0.244 e. The van der Waals surface area contributed by atoms with Crippen LogP contribution < -0.4 is 0 Å². The molecule has 1 aromatic carbocycles. The zero-order valence-electron chi connectivity index (χ0n) is 9.96. The van der Waals surface area contributed by atoms with E-state index < -0.39 is 11.6 Å². The number of allylic oxidation sites excluding steroid dienone is 1. The predicted octanol–water partition coefficient (Wildman–Crippen LogP) is 1.60. The lowest BCUT2D eigenvalue weighted by Crippen LogP contribution is -1.99. The molecule has 3 aromatic rings. The van der Waals surface area contributed by atoms with Crippen molar-refractivity contribution in [2.24, 2.45) is 0 Å². The van der Waals surface area contributed by atoms with Gasteiger partial charge in [0.25, 0.3) is 0 Å². The molecule has 2 heterocycles. The molecule has 0 bridgehead atoms. The number of H-pyrrole nitrogens is 2. The van der Waals surface area contributed by atoms with E-state index in [0.29, 0.717) is 16.5 Å². The molecule has 0 aliphatic heterocycles. The van der Waals surface area contributed by atoms with Gasteiger partial charge < -0.3 is 10.1 Å². The third kappa shape index (κ3) is 2.03. The maximum absolute atomic E-state index is 13.2. The number of hydrogen-bond acceptors (Lipinski definition) is 5. The van der Waals surface area contributed by atoms with E-state index >= 15 is 0 Å². The third-order valence-electron chi connectivity index (χ3n) is 2.75. The van der Waals surface area contributed by atoms with E-state index in [4.69, 9.17) is 0 Å². The monoisotopic (exact) mass is 273 g/mol. The second-order valence-electron chi connectivity index (χ2n) is 4.02. The number of tetrazole rings is 1. The van der Waals surface area contributed by atoms with Gasteiger partial charge in [0.15, 0.2) is 0 Å². The lowest BCUT2D eigenvalue weighted by atomic mass is 10.1. The molecular formula is C12H8FN5O2. The summed E-state index contributed by atoms with van der Waals surface area (Å²) in [7, 11) is 0. The Labute approximate surface area is 111 Å². The van der Waals surface area contributed by atoms with E-state index in [1.807, 2.05) is 0 Å². The van der Waals surface area contributed by atoms with Crippen LogP contribution in [0.3, 0.4) is 0 Å². The summed E-state index contributed by atoms with van der Waals surface area (Å²) >= 11 is 0. The number of carbonyl (C=O) groups excluding carboxylic acids is 1. The number of aromatic nitrogens is 5. The normalized spacial score (nSPS) is 11.9. The predicted molar refractivity (Wildman–Crippen MR) is 67.4 cm³/mol. The molecule has 0 saturated heterocycles. The molecule has 0 aliphatic rings. The summed E-state index contributed by atoms with van der Waals surface area (Å²) in [5, 5.41) is 22.9. The van der Waals surface area contributed by atoms with Gasteiger partial charge in [0.1, 0.15) is 11.6 Å². The summed E-state index contributed by atoms with van der Waals surface area (Å²) in [6.07, 6.45) is 2.44. The Hall–Kier alpha value is -3.03. The number of aromatic amines is 2. The van der Waals surface area contributed by atoms with Gasteiger partial charge in [-0.3, -0.25) is 4.79 Å². The van der Waals surface area contributed by atoms with E-state index in [2.05, 4.69) is 25.6 Å². The number of halogens is 1. The highest BCUT2D eigenvalue weighted by atomic mass is 19.1. The van der Waals surface area contributed by atoms with Crippen LogP contribution in [0.2, 0.25) is 0 Å². The van der Waals surface area contributed by atoms with Crippen LogP contribution in [0.5, 0.6) is 0 Å². The number of hydrogen-bond donors (Lipinski definition) is 3. The summed E-state index contributed by atoms with van der Waals surface area (Å²) in [6, 6.07) is 4.11. The molecular weight excluding hydrogens is 265 g/mol. The summed E-state index contributed by atoms with van der Waals surface area (Å²) in [6.45, 7) is 0. The van der Waals surface area contributed by atoms with E-state index in [1.54, 1.807) is 6.07 Å². The highest BCUT2D eigenvalue weighted by Gasteiger charge is 2.13. The molecule has 0 atom stereocenters. The number of carbonyl (C=O) groups is 1. The van der Waals surface area contributed by atoms with Gasteiger partial charge >= 0.3 is 0 Å². The minimum absolute atomic E-state index is 0.164. The van der Waals surface area contributed by atoms with Crippen molar-refractivity contribution in [1.29, 1.82) is 0 Å².